The van der Waals surface area contributed by atoms with Crippen molar-refractivity contribution in [2.45, 2.75) is 13.3 Å². The third-order valence-corrected chi connectivity index (χ3v) is 5.66. The van der Waals surface area contributed by atoms with E-state index in [2.05, 4.69) is 4.90 Å². The van der Waals surface area contributed by atoms with Crippen molar-refractivity contribution in [2.75, 3.05) is 44.7 Å². The van der Waals surface area contributed by atoms with Crippen LogP contribution < -0.4 is 9.64 Å². The van der Waals surface area contributed by atoms with E-state index < -0.39 is 23.4 Å². The minimum Gasteiger partial charge on any atom is -0.494 e. The second kappa shape index (κ2) is 9.08. The molecule has 8 heteroatoms. The van der Waals surface area contributed by atoms with Gasteiger partial charge >= 0.3 is 0 Å². The first-order valence-electron chi connectivity index (χ1n) is 10.7. The first-order valence-corrected chi connectivity index (χ1v) is 10.7. The van der Waals surface area contributed by atoms with Gasteiger partial charge in [-0.25, -0.2) is 13.7 Å². The number of hydrogen-bond donors (Lipinski definition) is 0. The van der Waals surface area contributed by atoms with Gasteiger partial charge in [0.1, 0.15) is 11.4 Å². The van der Waals surface area contributed by atoms with Crippen LogP contribution in [-0.4, -0.2) is 61.4 Å². The minimum atomic E-state index is -1.12. The summed E-state index contributed by atoms with van der Waals surface area (Å²) in [5, 5.41) is 0. The van der Waals surface area contributed by atoms with Gasteiger partial charge in [0.25, 0.3) is 11.8 Å². The van der Waals surface area contributed by atoms with Crippen molar-refractivity contribution in [2.24, 2.45) is 0 Å². The maximum atomic E-state index is 13.9. The van der Waals surface area contributed by atoms with Crippen LogP contribution in [0.5, 0.6) is 5.75 Å². The zero-order valence-electron chi connectivity index (χ0n) is 18.1. The highest BCUT2D eigenvalue weighted by Gasteiger charge is 2.43. The number of piperazine rings is 1. The number of amides is 2. The number of benzene rings is 2. The Kier molecular flexibility index (Phi) is 6.23. The molecule has 0 saturated carbocycles. The summed E-state index contributed by atoms with van der Waals surface area (Å²) in [6, 6.07) is 10.0. The standard InChI is InChI=1S/C24H25F2N3O3/c1-3-14-32-18-7-4-16(5-8-18)21-22(28-12-10-27(2)11-13-28)24(31)29(23(21)30)17-6-9-19(25)20(26)15-17/h4-9,15H,3,10-14H2,1-2H3. The molecule has 4 rings (SSSR count). The molecule has 2 heterocycles. The lowest BCUT2D eigenvalue weighted by Crippen LogP contribution is -2.46. The molecule has 6 nitrogen and oxygen atoms in total. The summed E-state index contributed by atoms with van der Waals surface area (Å²) in [6.07, 6.45) is 0.872. The summed E-state index contributed by atoms with van der Waals surface area (Å²) in [4.78, 5) is 31.9. The summed E-state index contributed by atoms with van der Waals surface area (Å²) in [6.45, 7) is 5.24. The molecule has 168 valence electrons. The molecule has 2 aliphatic rings. The molecule has 0 unspecified atom stereocenters. The number of hydrogen-bond acceptors (Lipinski definition) is 5. The molecule has 2 aromatic rings. The molecule has 0 atom stereocenters. The van der Waals surface area contributed by atoms with Gasteiger partial charge in [0.2, 0.25) is 0 Å². The molecule has 0 spiro atoms. The third-order valence-electron chi connectivity index (χ3n) is 5.66. The first kappa shape index (κ1) is 22.0. The van der Waals surface area contributed by atoms with Crippen molar-refractivity contribution in [3.8, 4) is 5.75 Å². The van der Waals surface area contributed by atoms with Crippen molar-refractivity contribution in [1.29, 1.82) is 0 Å². The Balaban J connectivity index is 1.75. The monoisotopic (exact) mass is 441 g/mol. The Bertz CT molecular complexity index is 1060. The highest BCUT2D eigenvalue weighted by molar-refractivity contribution is 6.45. The van der Waals surface area contributed by atoms with E-state index in [1.54, 1.807) is 24.3 Å². The van der Waals surface area contributed by atoms with Gasteiger partial charge in [-0.2, -0.15) is 0 Å². The Morgan fingerprint density at radius 1 is 0.906 bits per heavy atom. The van der Waals surface area contributed by atoms with Gasteiger partial charge in [0.05, 0.1) is 17.9 Å². The van der Waals surface area contributed by atoms with Crippen LogP contribution in [0.3, 0.4) is 0 Å². The lowest BCUT2D eigenvalue weighted by molar-refractivity contribution is -0.120. The number of halogens is 2. The summed E-state index contributed by atoms with van der Waals surface area (Å²) in [5.41, 5.74) is 1.12. The molecule has 0 aliphatic carbocycles. The van der Waals surface area contributed by atoms with Gasteiger partial charge in [0, 0.05) is 32.2 Å². The average molecular weight is 441 g/mol. The fourth-order valence-electron chi connectivity index (χ4n) is 3.90. The van der Waals surface area contributed by atoms with E-state index in [-0.39, 0.29) is 17.0 Å². The molecule has 1 fully saturated rings. The van der Waals surface area contributed by atoms with Crippen LogP contribution in [0.15, 0.2) is 48.2 Å². The van der Waals surface area contributed by atoms with Crippen LogP contribution in [-0.2, 0) is 9.59 Å². The second-order valence-corrected chi connectivity index (χ2v) is 7.93. The topological polar surface area (TPSA) is 53.1 Å². The smallest absolute Gasteiger partial charge is 0.282 e. The molecule has 0 N–H and O–H groups in total. The SMILES string of the molecule is CCCOc1ccc(C2=C(N3CCN(C)CC3)C(=O)N(c3ccc(F)c(F)c3)C2=O)cc1. The number of carbonyl (C=O) groups is 2. The van der Waals surface area contributed by atoms with E-state index in [9.17, 15) is 18.4 Å². The maximum Gasteiger partial charge on any atom is 0.282 e. The van der Waals surface area contributed by atoms with E-state index in [1.165, 1.54) is 6.07 Å². The molecule has 2 aliphatic heterocycles. The Morgan fingerprint density at radius 2 is 1.59 bits per heavy atom. The number of carbonyl (C=O) groups excluding carboxylic acids is 2. The highest BCUT2D eigenvalue weighted by Crippen LogP contribution is 2.36. The number of likely N-dealkylation sites (N-methyl/N-ethyl adjacent to an activating group) is 1. The van der Waals surface area contributed by atoms with E-state index in [1.807, 2.05) is 18.9 Å². The molecule has 32 heavy (non-hydrogen) atoms. The average Bonchev–Trinajstić information content (AvgIpc) is 3.05. The van der Waals surface area contributed by atoms with Gasteiger partial charge in [0.15, 0.2) is 11.6 Å². The van der Waals surface area contributed by atoms with Gasteiger partial charge in [-0.05, 0) is 43.3 Å². The molecular weight excluding hydrogens is 416 g/mol. The van der Waals surface area contributed by atoms with Gasteiger partial charge in [-0.1, -0.05) is 19.1 Å². The molecule has 2 amide bonds. The Hall–Kier alpha value is -3.26. The first-order chi connectivity index (χ1) is 15.4. The Labute approximate surface area is 185 Å². The van der Waals surface area contributed by atoms with Crippen LogP contribution >= 0.6 is 0 Å². The predicted octanol–water partition coefficient (Wildman–Crippen LogP) is 3.29. The second-order valence-electron chi connectivity index (χ2n) is 7.93. The van der Waals surface area contributed by atoms with Gasteiger partial charge in [-0.3, -0.25) is 9.59 Å². The third kappa shape index (κ3) is 4.10. The fourth-order valence-corrected chi connectivity index (χ4v) is 3.90. The summed E-state index contributed by atoms with van der Waals surface area (Å²) in [5.74, 6) is -2.58. The minimum absolute atomic E-state index is 0.00317. The largest absolute Gasteiger partial charge is 0.494 e. The van der Waals surface area contributed by atoms with E-state index in [0.29, 0.717) is 31.0 Å². The quantitative estimate of drug-likeness (QED) is 0.644. The lowest BCUT2D eigenvalue weighted by Gasteiger charge is -2.34. The normalized spacial score (nSPS) is 17.5. The van der Waals surface area contributed by atoms with Crippen molar-refractivity contribution < 1.29 is 23.1 Å². The molecular formula is C24H25F2N3O3. The lowest BCUT2D eigenvalue weighted by atomic mass is 10.0. The van der Waals surface area contributed by atoms with Crippen LogP contribution in [0.2, 0.25) is 0 Å². The molecule has 1 saturated heterocycles. The Morgan fingerprint density at radius 3 is 2.22 bits per heavy atom. The van der Waals surface area contributed by atoms with Crippen LogP contribution in [0.25, 0.3) is 5.57 Å². The predicted molar refractivity (Wildman–Crippen MR) is 117 cm³/mol. The van der Waals surface area contributed by atoms with Crippen LogP contribution in [0.1, 0.15) is 18.9 Å². The van der Waals surface area contributed by atoms with Crippen molar-refractivity contribution in [3.05, 3.63) is 65.4 Å². The summed E-state index contributed by atoms with van der Waals surface area (Å²) < 4.78 is 33.0. The van der Waals surface area contributed by atoms with Crippen molar-refractivity contribution in [1.82, 2.24) is 9.80 Å². The van der Waals surface area contributed by atoms with Gasteiger partial charge < -0.3 is 14.5 Å². The molecule has 0 bridgehead atoms. The molecule has 0 aromatic heterocycles. The van der Waals surface area contributed by atoms with Crippen molar-refractivity contribution in [3.63, 3.8) is 0 Å². The number of anilines is 1. The molecule has 2 aromatic carbocycles. The summed E-state index contributed by atoms with van der Waals surface area (Å²) >= 11 is 0. The van der Waals surface area contributed by atoms with Crippen LogP contribution in [0.4, 0.5) is 14.5 Å². The van der Waals surface area contributed by atoms with E-state index in [4.69, 9.17) is 4.74 Å². The summed E-state index contributed by atoms with van der Waals surface area (Å²) in [7, 11) is 2.00. The maximum absolute atomic E-state index is 13.9. The number of imide groups is 1. The fraction of sp³-hybridized carbons (Fsp3) is 0.333. The van der Waals surface area contributed by atoms with E-state index in [0.717, 1.165) is 36.5 Å². The van der Waals surface area contributed by atoms with Crippen LogP contribution in [0, 0.1) is 11.6 Å². The van der Waals surface area contributed by atoms with Crippen molar-refractivity contribution >= 4 is 23.1 Å². The number of nitrogens with zero attached hydrogens (tertiary/aromatic N) is 3. The van der Waals surface area contributed by atoms with Gasteiger partial charge in [-0.15, -0.1) is 0 Å². The van der Waals surface area contributed by atoms with E-state index >= 15 is 0 Å². The highest BCUT2D eigenvalue weighted by atomic mass is 19.2. The zero-order valence-corrected chi connectivity index (χ0v) is 18.1. The number of ether oxygens (including phenoxy) is 1. The zero-order chi connectivity index (χ0) is 22.8. The molecule has 0 radical (unpaired) electrons. The number of rotatable bonds is 6.